The van der Waals surface area contributed by atoms with E-state index < -0.39 is 0 Å². The first-order valence-electron chi connectivity index (χ1n) is 7.23. The fourth-order valence-corrected chi connectivity index (χ4v) is 2.45. The molecule has 0 saturated carbocycles. The smallest absolute Gasteiger partial charge is 0.250 e. The van der Waals surface area contributed by atoms with Crippen LogP contribution in [0.3, 0.4) is 0 Å². The van der Waals surface area contributed by atoms with Crippen molar-refractivity contribution in [3.63, 3.8) is 0 Å². The number of nitrogens with two attached hydrogens (primary N) is 1. The molecule has 0 unspecified atom stereocenters. The lowest BCUT2D eigenvalue weighted by molar-refractivity contribution is 0.861. The third-order valence-electron chi connectivity index (χ3n) is 3.68. The van der Waals surface area contributed by atoms with Crippen molar-refractivity contribution in [2.45, 2.75) is 0 Å². The number of pyridine rings is 2. The van der Waals surface area contributed by atoms with Crippen LogP contribution in [0.5, 0.6) is 0 Å². The Balaban J connectivity index is 1.97. The Hall–Kier alpha value is -3.55. The van der Waals surface area contributed by atoms with Crippen LogP contribution >= 0.6 is 0 Å². The van der Waals surface area contributed by atoms with Crippen molar-refractivity contribution in [3.8, 4) is 22.6 Å². The van der Waals surface area contributed by atoms with Crippen LogP contribution in [0.25, 0.3) is 28.3 Å². The molecule has 0 spiro atoms. The first-order chi connectivity index (χ1) is 11.6. The van der Waals surface area contributed by atoms with Crippen molar-refractivity contribution in [3.05, 3.63) is 59.3 Å². The quantitative estimate of drug-likeness (QED) is 0.594. The maximum atomic E-state index is 11.6. The highest BCUT2D eigenvalue weighted by atomic mass is 16.1. The minimum Gasteiger partial charge on any atom is -0.368 e. The first kappa shape index (κ1) is 14.1. The molecule has 0 aliphatic rings. The van der Waals surface area contributed by atoms with E-state index in [1.165, 1.54) is 15.1 Å². The number of aryl methyl sites for hydroxylation is 1. The lowest BCUT2D eigenvalue weighted by Crippen LogP contribution is -2.14. The van der Waals surface area contributed by atoms with E-state index in [0.29, 0.717) is 17.2 Å². The van der Waals surface area contributed by atoms with Gasteiger partial charge in [0.1, 0.15) is 5.69 Å². The zero-order valence-electron chi connectivity index (χ0n) is 12.8. The van der Waals surface area contributed by atoms with Crippen molar-refractivity contribution < 1.29 is 0 Å². The molecule has 0 bridgehead atoms. The Labute approximate surface area is 136 Å². The number of nitrogens with zero attached hydrogens (tertiary/aromatic N) is 6. The summed E-state index contributed by atoms with van der Waals surface area (Å²) in [5.41, 5.74) is 8.57. The Kier molecular flexibility index (Phi) is 3.09. The maximum absolute atomic E-state index is 11.6. The molecule has 2 N–H and O–H groups in total. The van der Waals surface area contributed by atoms with Crippen molar-refractivity contribution in [1.29, 1.82) is 0 Å². The van der Waals surface area contributed by atoms with Crippen LogP contribution in [0, 0.1) is 0 Å². The van der Waals surface area contributed by atoms with Gasteiger partial charge in [0.25, 0.3) is 0 Å². The summed E-state index contributed by atoms with van der Waals surface area (Å²) in [7, 11) is 1.69. The molecule has 0 amide bonds. The highest BCUT2D eigenvalue weighted by Crippen LogP contribution is 2.25. The Morgan fingerprint density at radius 3 is 2.75 bits per heavy atom. The number of rotatable bonds is 2. The van der Waals surface area contributed by atoms with Gasteiger partial charge in [0.15, 0.2) is 5.65 Å². The molecule has 0 aliphatic heterocycles. The minimum absolute atomic E-state index is 0.0891. The molecule has 0 radical (unpaired) electrons. The molecule has 8 nitrogen and oxygen atoms in total. The predicted molar refractivity (Wildman–Crippen MR) is 89.1 cm³/mol. The van der Waals surface area contributed by atoms with Crippen LogP contribution in [0.15, 0.2) is 53.7 Å². The highest BCUT2D eigenvalue weighted by molar-refractivity contribution is 5.78. The Morgan fingerprint density at radius 2 is 2.00 bits per heavy atom. The van der Waals surface area contributed by atoms with Crippen molar-refractivity contribution >= 4 is 11.6 Å². The molecule has 4 heterocycles. The number of aromatic nitrogens is 6. The average molecular weight is 319 g/mol. The summed E-state index contributed by atoms with van der Waals surface area (Å²) in [5.74, 6) is 0.689. The molecular weight excluding hydrogens is 306 g/mol. The van der Waals surface area contributed by atoms with Gasteiger partial charge >= 0.3 is 0 Å². The van der Waals surface area contributed by atoms with E-state index in [1.54, 1.807) is 31.7 Å². The van der Waals surface area contributed by atoms with Crippen LogP contribution in [0.4, 0.5) is 5.95 Å². The van der Waals surface area contributed by atoms with Gasteiger partial charge in [-0.3, -0.25) is 9.78 Å². The second-order valence-corrected chi connectivity index (χ2v) is 5.28. The van der Waals surface area contributed by atoms with E-state index in [4.69, 9.17) is 5.73 Å². The normalized spacial score (nSPS) is 11.0. The van der Waals surface area contributed by atoms with Crippen LogP contribution in [0.2, 0.25) is 0 Å². The molecule has 4 rings (SSSR count). The summed E-state index contributed by atoms with van der Waals surface area (Å²) in [5, 5.41) is 4.40. The summed E-state index contributed by atoms with van der Waals surface area (Å²) in [6.07, 6.45) is 5.03. The molecule has 0 aromatic carbocycles. The van der Waals surface area contributed by atoms with E-state index in [2.05, 4.69) is 20.1 Å². The molecule has 4 aromatic heterocycles. The molecule has 0 atom stereocenters. The summed E-state index contributed by atoms with van der Waals surface area (Å²) < 4.78 is 2.97. The molecule has 4 aromatic rings. The number of hydrogen-bond donors (Lipinski definition) is 1. The standard InChI is InChI=1S/C16H13N7O/c1-22-9-10(5-6-13(22)24)11-8-19-16(17)23-15(11)20-14(21-23)12-4-2-3-7-18-12/h2-9H,1H3,(H2,17,19). The van der Waals surface area contributed by atoms with Gasteiger partial charge in [0.05, 0.1) is 0 Å². The second-order valence-electron chi connectivity index (χ2n) is 5.28. The number of fused-ring (bicyclic) bond motifs is 1. The molecule has 24 heavy (non-hydrogen) atoms. The van der Waals surface area contributed by atoms with Gasteiger partial charge in [-0.15, -0.1) is 5.10 Å². The minimum atomic E-state index is -0.0891. The monoisotopic (exact) mass is 319 g/mol. The molecule has 0 aliphatic carbocycles. The van der Waals surface area contributed by atoms with E-state index in [9.17, 15) is 4.79 Å². The summed E-state index contributed by atoms with van der Waals surface area (Å²) in [6.45, 7) is 0. The topological polar surface area (TPSA) is 104 Å². The number of nitrogen functional groups attached to an aromatic ring is 1. The predicted octanol–water partition coefficient (Wildman–Crippen LogP) is 1.13. The zero-order valence-corrected chi connectivity index (χ0v) is 12.8. The lowest BCUT2D eigenvalue weighted by atomic mass is 10.1. The van der Waals surface area contributed by atoms with Crippen LogP contribution in [0.1, 0.15) is 0 Å². The van der Waals surface area contributed by atoms with Gasteiger partial charge in [-0.2, -0.15) is 4.52 Å². The molecule has 0 fully saturated rings. The van der Waals surface area contributed by atoms with E-state index in [0.717, 1.165) is 11.1 Å². The lowest BCUT2D eigenvalue weighted by Gasteiger charge is -2.05. The molecular formula is C16H13N7O. The van der Waals surface area contributed by atoms with Crippen LogP contribution in [-0.2, 0) is 7.05 Å². The fraction of sp³-hybridized carbons (Fsp3) is 0.0625. The first-order valence-corrected chi connectivity index (χ1v) is 7.23. The second kappa shape index (κ2) is 5.27. The molecule has 8 heteroatoms. The van der Waals surface area contributed by atoms with E-state index in [-0.39, 0.29) is 11.5 Å². The summed E-state index contributed by atoms with van der Waals surface area (Å²) >= 11 is 0. The van der Waals surface area contributed by atoms with E-state index in [1.807, 2.05) is 18.2 Å². The van der Waals surface area contributed by atoms with Gasteiger partial charge in [-0.05, 0) is 18.2 Å². The average Bonchev–Trinajstić information content (AvgIpc) is 3.05. The van der Waals surface area contributed by atoms with Crippen LogP contribution in [-0.4, -0.2) is 29.1 Å². The summed E-state index contributed by atoms with van der Waals surface area (Å²) in [6, 6.07) is 8.74. The van der Waals surface area contributed by atoms with Crippen molar-refractivity contribution in [2.75, 3.05) is 5.73 Å². The van der Waals surface area contributed by atoms with Gasteiger partial charge in [0, 0.05) is 42.8 Å². The SMILES string of the molecule is Cn1cc(-c2cnc(N)n3nc(-c4ccccn4)nc23)ccc1=O. The van der Waals surface area contributed by atoms with Crippen molar-refractivity contribution in [2.24, 2.45) is 7.05 Å². The van der Waals surface area contributed by atoms with Gasteiger partial charge < -0.3 is 10.3 Å². The van der Waals surface area contributed by atoms with Gasteiger partial charge in [-0.25, -0.2) is 9.97 Å². The highest BCUT2D eigenvalue weighted by Gasteiger charge is 2.15. The number of anilines is 1. The zero-order chi connectivity index (χ0) is 16.7. The van der Waals surface area contributed by atoms with Crippen molar-refractivity contribution in [1.82, 2.24) is 29.1 Å². The third-order valence-corrected chi connectivity index (χ3v) is 3.68. The molecule has 118 valence electrons. The largest absolute Gasteiger partial charge is 0.368 e. The third kappa shape index (κ3) is 2.21. The van der Waals surface area contributed by atoms with Crippen LogP contribution < -0.4 is 11.3 Å². The Morgan fingerprint density at radius 1 is 1.12 bits per heavy atom. The number of hydrogen-bond acceptors (Lipinski definition) is 6. The maximum Gasteiger partial charge on any atom is 0.250 e. The van der Waals surface area contributed by atoms with Gasteiger partial charge in [-0.1, -0.05) is 6.07 Å². The van der Waals surface area contributed by atoms with Gasteiger partial charge in [0.2, 0.25) is 17.3 Å². The fourth-order valence-electron chi connectivity index (χ4n) is 2.45. The summed E-state index contributed by atoms with van der Waals surface area (Å²) in [4.78, 5) is 24.6. The van der Waals surface area contributed by atoms with E-state index >= 15 is 0 Å². The molecule has 0 saturated heterocycles. The Bertz CT molecular complexity index is 1100.